The Morgan fingerprint density at radius 3 is 2.60 bits per heavy atom. The van der Waals surface area contributed by atoms with Gasteiger partial charge in [0.15, 0.2) is 0 Å². The maximum atomic E-state index is 12.0. The van der Waals surface area contributed by atoms with Crippen molar-refractivity contribution in [2.24, 2.45) is 17.6 Å². The molecule has 0 saturated heterocycles. The molecular formula is C13H21N3O3S. The molecule has 6 nitrogen and oxygen atoms in total. The number of aryl methyl sites for hydroxylation is 1. The molecule has 0 saturated carbocycles. The van der Waals surface area contributed by atoms with Crippen molar-refractivity contribution in [3.05, 3.63) is 11.3 Å². The van der Waals surface area contributed by atoms with Crippen LogP contribution in [0.25, 0.3) is 0 Å². The van der Waals surface area contributed by atoms with Gasteiger partial charge in [0.05, 0.1) is 5.69 Å². The average Bonchev–Trinajstić information content (AvgIpc) is 2.68. The maximum absolute atomic E-state index is 12.0. The van der Waals surface area contributed by atoms with Crippen LogP contribution in [0.5, 0.6) is 0 Å². The zero-order valence-electron chi connectivity index (χ0n) is 12.0. The van der Waals surface area contributed by atoms with Crippen molar-refractivity contribution in [2.45, 2.75) is 33.6 Å². The van der Waals surface area contributed by atoms with Crippen LogP contribution in [0.3, 0.4) is 0 Å². The van der Waals surface area contributed by atoms with Crippen molar-refractivity contribution in [1.29, 1.82) is 0 Å². The van der Waals surface area contributed by atoms with Crippen LogP contribution in [0, 0.1) is 18.8 Å². The normalized spacial score (nSPS) is 12.4. The molecule has 0 radical (unpaired) electrons. The van der Waals surface area contributed by atoms with Gasteiger partial charge in [0.25, 0.3) is 0 Å². The second-order valence-corrected chi connectivity index (χ2v) is 6.03. The number of carbonyl (C=O) groups excluding carboxylic acids is 1. The molecule has 1 aromatic rings. The molecule has 1 aromatic heterocycles. The molecule has 0 fully saturated rings. The summed E-state index contributed by atoms with van der Waals surface area (Å²) < 4.78 is 3.96. The molecule has 0 aliphatic rings. The molecule has 0 aliphatic carbocycles. The number of carboxylic acids is 1. The molecule has 0 aliphatic heterocycles. The number of carboxylic acid groups (broad SMARTS) is 1. The first-order valence-electron chi connectivity index (χ1n) is 6.54. The predicted molar refractivity (Wildman–Crippen MR) is 79.1 cm³/mol. The molecule has 1 atom stereocenters. The lowest BCUT2D eigenvalue weighted by molar-refractivity contribution is -0.117. The molecule has 1 unspecified atom stereocenters. The second-order valence-electron chi connectivity index (χ2n) is 5.26. The van der Waals surface area contributed by atoms with E-state index in [1.165, 1.54) is 0 Å². The van der Waals surface area contributed by atoms with Crippen LogP contribution in [0.4, 0.5) is 5.00 Å². The average molecular weight is 299 g/mol. The van der Waals surface area contributed by atoms with Crippen molar-refractivity contribution >= 4 is 28.4 Å². The number of nitrogens with one attached hydrogen (secondary N) is 1. The number of rotatable bonds is 7. The zero-order chi connectivity index (χ0) is 15.3. The van der Waals surface area contributed by atoms with Gasteiger partial charge in [-0.05, 0) is 43.3 Å². The third kappa shape index (κ3) is 4.57. The smallest absolute Gasteiger partial charge is 0.340 e. The number of hydrogen-bond acceptors (Lipinski definition) is 5. The molecule has 1 heterocycles. The third-order valence-electron chi connectivity index (χ3n) is 2.94. The number of nitrogens with zero attached hydrogens (tertiary/aromatic N) is 1. The maximum Gasteiger partial charge on any atom is 0.340 e. The summed E-state index contributed by atoms with van der Waals surface area (Å²) in [6.45, 7) is 6.21. The molecule has 112 valence electrons. The number of hydrogen-bond donors (Lipinski definition) is 3. The Kier molecular flexibility index (Phi) is 6.09. The molecule has 0 bridgehead atoms. The minimum absolute atomic E-state index is 0.0662. The van der Waals surface area contributed by atoms with E-state index in [0.717, 1.165) is 18.0 Å². The van der Waals surface area contributed by atoms with Crippen LogP contribution in [0.1, 0.15) is 42.7 Å². The quantitative estimate of drug-likeness (QED) is 0.715. The van der Waals surface area contributed by atoms with E-state index in [0.29, 0.717) is 29.6 Å². The highest BCUT2D eigenvalue weighted by Gasteiger charge is 2.20. The van der Waals surface area contributed by atoms with Crippen molar-refractivity contribution in [2.75, 3.05) is 11.9 Å². The lowest BCUT2D eigenvalue weighted by Gasteiger charge is -2.16. The van der Waals surface area contributed by atoms with Gasteiger partial charge >= 0.3 is 5.97 Å². The van der Waals surface area contributed by atoms with Crippen LogP contribution in [-0.2, 0) is 4.79 Å². The summed E-state index contributed by atoms with van der Waals surface area (Å²) in [5.74, 6) is -0.717. The number of aromatic carboxylic acids is 1. The molecule has 4 N–H and O–H groups in total. The molecule has 1 rings (SSSR count). The fourth-order valence-corrected chi connectivity index (χ4v) is 2.88. The first-order chi connectivity index (χ1) is 9.35. The van der Waals surface area contributed by atoms with Gasteiger partial charge in [-0.2, -0.15) is 4.37 Å². The van der Waals surface area contributed by atoms with Gasteiger partial charge in [0.1, 0.15) is 10.6 Å². The van der Waals surface area contributed by atoms with Gasteiger partial charge in [-0.1, -0.05) is 13.8 Å². The van der Waals surface area contributed by atoms with Crippen molar-refractivity contribution in [1.82, 2.24) is 4.37 Å². The largest absolute Gasteiger partial charge is 0.478 e. The molecular weight excluding hydrogens is 278 g/mol. The topological polar surface area (TPSA) is 105 Å². The number of nitrogens with two attached hydrogens (primary N) is 1. The van der Waals surface area contributed by atoms with Crippen molar-refractivity contribution in [3.63, 3.8) is 0 Å². The summed E-state index contributed by atoms with van der Waals surface area (Å²) in [5.41, 5.74) is 6.14. The fraction of sp³-hybridized carbons (Fsp3) is 0.615. The molecule has 0 spiro atoms. The Hall–Kier alpha value is -1.47. The predicted octanol–water partition coefficient (Wildman–Crippen LogP) is 2.10. The van der Waals surface area contributed by atoms with E-state index in [4.69, 9.17) is 10.8 Å². The van der Waals surface area contributed by atoms with Crippen LogP contribution < -0.4 is 11.1 Å². The van der Waals surface area contributed by atoms with E-state index in [1.807, 2.05) is 0 Å². The lowest BCUT2D eigenvalue weighted by atomic mass is 9.94. The van der Waals surface area contributed by atoms with E-state index in [-0.39, 0.29) is 17.4 Å². The van der Waals surface area contributed by atoms with Crippen molar-refractivity contribution in [3.8, 4) is 0 Å². The van der Waals surface area contributed by atoms with Crippen molar-refractivity contribution < 1.29 is 14.7 Å². The lowest BCUT2D eigenvalue weighted by Crippen LogP contribution is -2.23. The SMILES string of the molecule is Cc1nsc(NC(=O)CC(CN)CC(C)C)c1C(=O)O. The van der Waals surface area contributed by atoms with Crippen LogP contribution in [0.2, 0.25) is 0 Å². The van der Waals surface area contributed by atoms with E-state index < -0.39 is 5.97 Å². The Balaban J connectivity index is 2.69. The van der Waals surface area contributed by atoms with Gasteiger partial charge in [-0.15, -0.1) is 0 Å². The van der Waals surface area contributed by atoms with Gasteiger partial charge in [0.2, 0.25) is 5.91 Å². The van der Waals surface area contributed by atoms with Crippen LogP contribution in [0.15, 0.2) is 0 Å². The minimum Gasteiger partial charge on any atom is -0.478 e. The van der Waals surface area contributed by atoms with E-state index in [2.05, 4.69) is 23.5 Å². The van der Waals surface area contributed by atoms with Gasteiger partial charge < -0.3 is 16.2 Å². The Morgan fingerprint density at radius 1 is 1.45 bits per heavy atom. The highest BCUT2D eigenvalue weighted by molar-refractivity contribution is 7.11. The highest BCUT2D eigenvalue weighted by Crippen LogP contribution is 2.25. The fourth-order valence-electron chi connectivity index (χ4n) is 2.08. The van der Waals surface area contributed by atoms with Gasteiger partial charge in [0, 0.05) is 6.42 Å². The molecule has 0 aromatic carbocycles. The third-order valence-corrected chi connectivity index (χ3v) is 3.80. The van der Waals surface area contributed by atoms with Crippen LogP contribution in [-0.4, -0.2) is 27.9 Å². The Labute approximate surface area is 122 Å². The summed E-state index contributed by atoms with van der Waals surface area (Å²) in [5, 5.41) is 12.0. The summed E-state index contributed by atoms with van der Waals surface area (Å²) in [6, 6.07) is 0. The first kappa shape index (κ1) is 16.6. The summed E-state index contributed by atoms with van der Waals surface area (Å²) in [7, 11) is 0. The molecule has 7 heteroatoms. The summed E-state index contributed by atoms with van der Waals surface area (Å²) >= 11 is 0.987. The molecule has 20 heavy (non-hydrogen) atoms. The summed E-state index contributed by atoms with van der Waals surface area (Å²) in [4.78, 5) is 23.1. The number of anilines is 1. The monoisotopic (exact) mass is 299 g/mol. The van der Waals surface area contributed by atoms with Crippen LogP contribution >= 0.6 is 11.5 Å². The summed E-state index contributed by atoms with van der Waals surface area (Å²) in [6.07, 6.45) is 1.17. The van der Waals surface area contributed by atoms with E-state index in [1.54, 1.807) is 6.92 Å². The first-order valence-corrected chi connectivity index (χ1v) is 7.32. The number of amides is 1. The number of carbonyl (C=O) groups is 2. The van der Waals surface area contributed by atoms with E-state index >= 15 is 0 Å². The van der Waals surface area contributed by atoms with E-state index in [9.17, 15) is 9.59 Å². The molecule has 1 amide bonds. The second kappa shape index (κ2) is 7.35. The highest BCUT2D eigenvalue weighted by atomic mass is 32.1. The Morgan fingerprint density at radius 2 is 2.10 bits per heavy atom. The Bertz CT molecular complexity index is 485. The standard InChI is InChI=1S/C13H21N3O3S/c1-7(2)4-9(6-14)5-10(17)15-12-11(13(18)19)8(3)16-20-12/h7,9H,4-6,14H2,1-3H3,(H,15,17)(H,18,19). The van der Waals surface area contributed by atoms with Gasteiger partial charge in [-0.3, -0.25) is 4.79 Å². The minimum atomic E-state index is -1.08. The zero-order valence-corrected chi connectivity index (χ0v) is 12.8. The number of aromatic nitrogens is 1. The van der Waals surface area contributed by atoms with Gasteiger partial charge in [-0.25, -0.2) is 4.79 Å².